The van der Waals surface area contributed by atoms with E-state index in [4.69, 9.17) is 4.74 Å². The third-order valence-corrected chi connectivity index (χ3v) is 2.77. The number of hydrogen-bond donors (Lipinski definition) is 0. The fourth-order valence-corrected chi connectivity index (χ4v) is 1.69. The number of nitro groups is 1. The first-order valence-corrected chi connectivity index (χ1v) is 5.54. The van der Waals surface area contributed by atoms with E-state index in [1.165, 1.54) is 6.07 Å². The summed E-state index contributed by atoms with van der Waals surface area (Å²) in [5, 5.41) is 10.9. The van der Waals surface area contributed by atoms with E-state index in [1.807, 2.05) is 0 Å². The van der Waals surface area contributed by atoms with Gasteiger partial charge in [-0.1, -0.05) is 26.0 Å². The van der Waals surface area contributed by atoms with E-state index in [-0.39, 0.29) is 11.7 Å². The topological polar surface area (TPSA) is 64.7 Å². The van der Waals surface area contributed by atoms with Crippen molar-refractivity contribution in [2.45, 2.75) is 19.9 Å². The molecule has 1 aliphatic rings. The van der Waals surface area contributed by atoms with E-state index in [1.54, 1.807) is 18.2 Å². The summed E-state index contributed by atoms with van der Waals surface area (Å²) in [6.07, 6.45) is 0. The molecule has 0 radical (unpaired) electrons. The fourth-order valence-electron chi connectivity index (χ4n) is 1.69. The summed E-state index contributed by atoms with van der Waals surface area (Å²) < 4.78 is 5.45. The summed E-state index contributed by atoms with van der Waals surface area (Å²) in [5.74, 6) is 0.756. The lowest BCUT2D eigenvalue weighted by molar-refractivity contribution is -0.385. The van der Waals surface area contributed by atoms with E-state index in [9.17, 15) is 10.1 Å². The molecule has 0 spiro atoms. The molecule has 5 nitrogen and oxygen atoms in total. The van der Waals surface area contributed by atoms with Crippen molar-refractivity contribution in [3.63, 3.8) is 0 Å². The third-order valence-electron chi connectivity index (χ3n) is 2.77. The third kappa shape index (κ3) is 2.27. The molecule has 0 saturated heterocycles. The zero-order valence-corrected chi connectivity index (χ0v) is 9.79. The molecule has 0 saturated carbocycles. The Kier molecular flexibility index (Phi) is 3.08. The van der Waals surface area contributed by atoms with Crippen molar-refractivity contribution in [2.75, 3.05) is 6.61 Å². The average molecular weight is 234 g/mol. The van der Waals surface area contributed by atoms with Gasteiger partial charge in [-0.3, -0.25) is 10.1 Å². The van der Waals surface area contributed by atoms with Gasteiger partial charge in [0.1, 0.15) is 12.2 Å². The van der Waals surface area contributed by atoms with E-state index in [0.717, 1.165) is 0 Å². The Balaban J connectivity index is 2.36. The van der Waals surface area contributed by atoms with Crippen molar-refractivity contribution in [1.29, 1.82) is 0 Å². The average Bonchev–Trinajstić information content (AvgIpc) is 2.78. The SMILES string of the molecule is CC(C)[C@H]1COC(c2ccccc2[N+](=O)[O-])=N1. The largest absolute Gasteiger partial charge is 0.475 e. The highest BCUT2D eigenvalue weighted by atomic mass is 16.6. The van der Waals surface area contributed by atoms with Gasteiger partial charge < -0.3 is 4.74 Å². The molecule has 1 aromatic rings. The van der Waals surface area contributed by atoms with Gasteiger partial charge in [0, 0.05) is 6.07 Å². The van der Waals surface area contributed by atoms with Crippen LogP contribution >= 0.6 is 0 Å². The summed E-state index contributed by atoms with van der Waals surface area (Å²) in [6.45, 7) is 4.61. The molecule has 0 amide bonds. The van der Waals surface area contributed by atoms with Gasteiger partial charge in [-0.05, 0) is 12.0 Å². The van der Waals surface area contributed by atoms with Crippen molar-refractivity contribution in [3.05, 3.63) is 39.9 Å². The zero-order chi connectivity index (χ0) is 12.4. The second-order valence-electron chi connectivity index (χ2n) is 4.33. The Hall–Kier alpha value is -1.91. The Morgan fingerprint density at radius 3 is 2.76 bits per heavy atom. The van der Waals surface area contributed by atoms with Crippen LogP contribution in [0.5, 0.6) is 0 Å². The van der Waals surface area contributed by atoms with E-state index in [0.29, 0.717) is 24.0 Å². The molecule has 0 aromatic heterocycles. The van der Waals surface area contributed by atoms with Crippen LogP contribution in [0, 0.1) is 16.0 Å². The normalized spacial score (nSPS) is 19.0. The lowest BCUT2D eigenvalue weighted by Crippen LogP contribution is -2.13. The van der Waals surface area contributed by atoms with Crippen molar-refractivity contribution in [2.24, 2.45) is 10.9 Å². The maximum absolute atomic E-state index is 10.9. The Bertz CT molecular complexity index is 469. The van der Waals surface area contributed by atoms with Crippen LogP contribution in [-0.2, 0) is 4.74 Å². The van der Waals surface area contributed by atoms with E-state index >= 15 is 0 Å². The van der Waals surface area contributed by atoms with Crippen LogP contribution in [0.2, 0.25) is 0 Å². The van der Waals surface area contributed by atoms with Crippen LogP contribution in [0.25, 0.3) is 0 Å². The van der Waals surface area contributed by atoms with E-state index in [2.05, 4.69) is 18.8 Å². The number of aliphatic imine (C=N–C) groups is 1. The van der Waals surface area contributed by atoms with Crippen LogP contribution < -0.4 is 0 Å². The van der Waals surface area contributed by atoms with Gasteiger partial charge in [0.2, 0.25) is 5.90 Å². The molecule has 1 aromatic carbocycles. The van der Waals surface area contributed by atoms with Crippen LogP contribution in [0.4, 0.5) is 5.69 Å². The highest BCUT2D eigenvalue weighted by molar-refractivity contribution is 5.98. The van der Waals surface area contributed by atoms with Crippen molar-refractivity contribution < 1.29 is 9.66 Å². The molecule has 5 heteroatoms. The summed E-state index contributed by atoms with van der Waals surface area (Å²) in [7, 11) is 0. The summed E-state index contributed by atoms with van der Waals surface area (Å²) in [4.78, 5) is 14.9. The minimum absolute atomic E-state index is 0.0376. The van der Waals surface area contributed by atoms with Gasteiger partial charge in [-0.25, -0.2) is 4.99 Å². The molecule has 1 atom stereocenters. The first-order chi connectivity index (χ1) is 8.09. The summed E-state index contributed by atoms with van der Waals surface area (Å²) in [6, 6.07) is 6.60. The quantitative estimate of drug-likeness (QED) is 0.595. The van der Waals surface area contributed by atoms with Gasteiger partial charge in [-0.15, -0.1) is 0 Å². The van der Waals surface area contributed by atoms with Gasteiger partial charge in [0.05, 0.1) is 11.0 Å². The lowest BCUT2D eigenvalue weighted by atomic mass is 10.1. The molecule has 1 aliphatic heterocycles. The number of benzene rings is 1. The van der Waals surface area contributed by atoms with E-state index < -0.39 is 4.92 Å². The number of ether oxygens (including phenoxy) is 1. The summed E-state index contributed by atoms with van der Waals surface area (Å²) >= 11 is 0. The maximum Gasteiger partial charge on any atom is 0.282 e. The fraction of sp³-hybridized carbons (Fsp3) is 0.417. The second kappa shape index (κ2) is 4.53. The van der Waals surface area contributed by atoms with Gasteiger partial charge in [0.25, 0.3) is 5.69 Å². The first-order valence-electron chi connectivity index (χ1n) is 5.54. The molecule has 17 heavy (non-hydrogen) atoms. The monoisotopic (exact) mass is 234 g/mol. The minimum atomic E-state index is -0.413. The summed E-state index contributed by atoms with van der Waals surface area (Å²) in [5.41, 5.74) is 0.497. The highest BCUT2D eigenvalue weighted by Crippen LogP contribution is 2.23. The van der Waals surface area contributed by atoms with Crippen LogP contribution in [0.15, 0.2) is 29.3 Å². The molecular weight excluding hydrogens is 220 g/mol. The molecule has 0 N–H and O–H groups in total. The molecular formula is C12H14N2O3. The second-order valence-corrected chi connectivity index (χ2v) is 4.33. The van der Waals surface area contributed by atoms with Crippen molar-refractivity contribution >= 4 is 11.6 Å². The molecule has 2 rings (SSSR count). The smallest absolute Gasteiger partial charge is 0.282 e. The predicted molar refractivity (Wildman–Crippen MR) is 64.2 cm³/mol. The van der Waals surface area contributed by atoms with Crippen molar-refractivity contribution in [3.8, 4) is 0 Å². The molecule has 0 aliphatic carbocycles. The van der Waals surface area contributed by atoms with Gasteiger partial charge in [0.15, 0.2) is 0 Å². The molecule has 90 valence electrons. The molecule has 0 bridgehead atoms. The number of hydrogen-bond acceptors (Lipinski definition) is 4. The maximum atomic E-state index is 10.9. The number of rotatable bonds is 3. The van der Waals surface area contributed by atoms with Crippen LogP contribution in [-0.4, -0.2) is 23.5 Å². The minimum Gasteiger partial charge on any atom is -0.475 e. The van der Waals surface area contributed by atoms with Crippen molar-refractivity contribution in [1.82, 2.24) is 0 Å². The standard InChI is InChI=1S/C12H14N2O3/c1-8(2)10-7-17-12(13-10)9-5-3-4-6-11(9)14(15)16/h3-6,8,10H,7H2,1-2H3/t10-/m1/s1. The number of nitro benzene ring substituents is 1. The Labute approximate surface area is 99.3 Å². The zero-order valence-electron chi connectivity index (χ0n) is 9.79. The highest BCUT2D eigenvalue weighted by Gasteiger charge is 2.27. The number of para-hydroxylation sites is 1. The molecule has 1 heterocycles. The molecule has 0 unspecified atom stereocenters. The van der Waals surface area contributed by atoms with Crippen LogP contribution in [0.3, 0.4) is 0 Å². The van der Waals surface area contributed by atoms with Gasteiger partial charge >= 0.3 is 0 Å². The van der Waals surface area contributed by atoms with Crippen LogP contribution in [0.1, 0.15) is 19.4 Å². The van der Waals surface area contributed by atoms with Gasteiger partial charge in [-0.2, -0.15) is 0 Å². The Morgan fingerprint density at radius 1 is 1.47 bits per heavy atom. The predicted octanol–water partition coefficient (Wildman–Crippen LogP) is 2.40. The molecule has 0 fully saturated rings. The first kappa shape index (κ1) is 11.6. The lowest BCUT2D eigenvalue weighted by Gasteiger charge is -2.06. The number of nitrogens with zero attached hydrogens (tertiary/aromatic N) is 2. The Morgan fingerprint density at radius 2 is 2.18 bits per heavy atom.